The quantitative estimate of drug-likeness (QED) is 0.643. The first-order chi connectivity index (χ1) is 5.76. The first-order valence-electron chi connectivity index (χ1n) is 5.21. The van der Waals surface area contributed by atoms with Gasteiger partial charge in [0.2, 0.25) is 0 Å². The molecular formula is C11H21N. The minimum atomic E-state index is 0.450. The molecular weight excluding hydrogens is 146 g/mol. The molecule has 12 heavy (non-hydrogen) atoms. The SMILES string of the molecule is CCC(/C=C1/CCC(N)C1)CC. The first-order valence-corrected chi connectivity index (χ1v) is 5.21. The molecule has 1 nitrogen and oxygen atoms in total. The summed E-state index contributed by atoms with van der Waals surface area (Å²) in [6.07, 6.45) is 8.61. The predicted octanol–water partition coefficient (Wildman–Crippen LogP) is 2.86. The van der Waals surface area contributed by atoms with Crippen LogP contribution in [0.2, 0.25) is 0 Å². The summed E-state index contributed by atoms with van der Waals surface area (Å²) in [6, 6.07) is 0.450. The van der Waals surface area contributed by atoms with Crippen molar-refractivity contribution in [2.24, 2.45) is 11.7 Å². The lowest BCUT2D eigenvalue weighted by Gasteiger charge is -2.07. The number of hydrogen-bond donors (Lipinski definition) is 1. The predicted molar refractivity (Wildman–Crippen MR) is 54.0 cm³/mol. The minimum Gasteiger partial charge on any atom is -0.327 e. The molecule has 0 saturated heterocycles. The Balaban J connectivity index is 2.44. The van der Waals surface area contributed by atoms with Gasteiger partial charge in [0.25, 0.3) is 0 Å². The van der Waals surface area contributed by atoms with Gasteiger partial charge in [0, 0.05) is 6.04 Å². The van der Waals surface area contributed by atoms with E-state index in [1.165, 1.54) is 25.7 Å². The lowest BCUT2D eigenvalue weighted by Crippen LogP contribution is -2.13. The highest BCUT2D eigenvalue weighted by molar-refractivity contribution is 5.11. The van der Waals surface area contributed by atoms with E-state index >= 15 is 0 Å². The molecule has 1 unspecified atom stereocenters. The Kier molecular flexibility index (Phi) is 3.80. The lowest BCUT2D eigenvalue weighted by molar-refractivity contribution is 0.599. The summed E-state index contributed by atoms with van der Waals surface area (Å²) in [5.41, 5.74) is 7.45. The molecule has 1 aliphatic carbocycles. The third-order valence-corrected chi connectivity index (χ3v) is 2.88. The molecule has 0 heterocycles. The topological polar surface area (TPSA) is 26.0 Å². The van der Waals surface area contributed by atoms with Crippen molar-refractivity contribution in [3.63, 3.8) is 0 Å². The molecule has 1 fully saturated rings. The van der Waals surface area contributed by atoms with Crippen LogP contribution in [0.5, 0.6) is 0 Å². The molecule has 1 heteroatoms. The average Bonchev–Trinajstić information content (AvgIpc) is 2.47. The summed E-state index contributed by atoms with van der Waals surface area (Å²) >= 11 is 0. The van der Waals surface area contributed by atoms with Gasteiger partial charge in [-0.15, -0.1) is 0 Å². The van der Waals surface area contributed by atoms with Gasteiger partial charge in [-0.2, -0.15) is 0 Å². The summed E-state index contributed by atoms with van der Waals surface area (Å²) in [5.74, 6) is 0.797. The van der Waals surface area contributed by atoms with Gasteiger partial charge in [-0.05, 0) is 38.0 Å². The van der Waals surface area contributed by atoms with Gasteiger partial charge in [0.15, 0.2) is 0 Å². The van der Waals surface area contributed by atoms with Crippen molar-refractivity contribution in [2.45, 2.75) is 52.0 Å². The van der Waals surface area contributed by atoms with Crippen LogP contribution in [-0.2, 0) is 0 Å². The van der Waals surface area contributed by atoms with Gasteiger partial charge >= 0.3 is 0 Å². The maximum Gasteiger partial charge on any atom is 0.00791 e. The van der Waals surface area contributed by atoms with Gasteiger partial charge in [0.05, 0.1) is 0 Å². The standard InChI is InChI=1S/C11H21N/c1-3-9(4-2)7-10-5-6-11(12)8-10/h7,9,11H,3-6,8,12H2,1-2H3/b10-7-. The normalized spacial score (nSPS) is 27.3. The summed E-state index contributed by atoms with van der Waals surface area (Å²) in [5, 5.41) is 0. The van der Waals surface area contributed by atoms with Crippen molar-refractivity contribution >= 4 is 0 Å². The number of allylic oxidation sites excluding steroid dienone is 1. The zero-order chi connectivity index (χ0) is 8.97. The summed E-state index contributed by atoms with van der Waals surface area (Å²) in [7, 11) is 0. The Labute approximate surface area is 76.0 Å². The third-order valence-electron chi connectivity index (χ3n) is 2.88. The van der Waals surface area contributed by atoms with E-state index in [2.05, 4.69) is 19.9 Å². The van der Waals surface area contributed by atoms with Crippen LogP contribution in [-0.4, -0.2) is 6.04 Å². The Morgan fingerprint density at radius 1 is 1.50 bits per heavy atom. The van der Waals surface area contributed by atoms with E-state index in [1.807, 2.05) is 0 Å². The van der Waals surface area contributed by atoms with E-state index in [0.717, 1.165) is 12.3 Å². The summed E-state index contributed by atoms with van der Waals surface area (Å²) in [6.45, 7) is 4.53. The fourth-order valence-corrected chi connectivity index (χ4v) is 1.92. The molecule has 1 aliphatic rings. The second kappa shape index (κ2) is 4.66. The van der Waals surface area contributed by atoms with Crippen molar-refractivity contribution in [3.05, 3.63) is 11.6 Å². The van der Waals surface area contributed by atoms with E-state index in [0.29, 0.717) is 6.04 Å². The molecule has 1 rings (SSSR count). The third kappa shape index (κ3) is 2.63. The van der Waals surface area contributed by atoms with Gasteiger partial charge in [0.1, 0.15) is 0 Å². The molecule has 2 N–H and O–H groups in total. The molecule has 1 saturated carbocycles. The molecule has 0 radical (unpaired) electrons. The maximum atomic E-state index is 5.84. The highest BCUT2D eigenvalue weighted by Gasteiger charge is 2.15. The molecule has 1 atom stereocenters. The van der Waals surface area contributed by atoms with Gasteiger partial charge in [-0.1, -0.05) is 25.5 Å². The minimum absolute atomic E-state index is 0.450. The highest BCUT2D eigenvalue weighted by atomic mass is 14.6. The van der Waals surface area contributed by atoms with Crippen molar-refractivity contribution in [3.8, 4) is 0 Å². The van der Waals surface area contributed by atoms with Crippen LogP contribution in [0, 0.1) is 5.92 Å². The van der Waals surface area contributed by atoms with Crippen molar-refractivity contribution < 1.29 is 0 Å². The number of hydrogen-bond acceptors (Lipinski definition) is 1. The zero-order valence-electron chi connectivity index (χ0n) is 8.34. The molecule has 0 aromatic carbocycles. The summed E-state index contributed by atoms with van der Waals surface area (Å²) in [4.78, 5) is 0. The number of nitrogens with two attached hydrogens (primary N) is 1. The second-order valence-corrected chi connectivity index (χ2v) is 3.90. The highest BCUT2D eigenvalue weighted by Crippen LogP contribution is 2.26. The Bertz CT molecular complexity index is 156. The molecule has 0 aliphatic heterocycles. The van der Waals surface area contributed by atoms with E-state index in [-0.39, 0.29) is 0 Å². The van der Waals surface area contributed by atoms with Crippen LogP contribution in [0.25, 0.3) is 0 Å². The maximum absolute atomic E-state index is 5.84. The molecule has 70 valence electrons. The van der Waals surface area contributed by atoms with Crippen LogP contribution >= 0.6 is 0 Å². The van der Waals surface area contributed by atoms with Crippen molar-refractivity contribution in [2.75, 3.05) is 0 Å². The van der Waals surface area contributed by atoms with Crippen LogP contribution < -0.4 is 5.73 Å². The molecule has 0 amide bonds. The fraction of sp³-hybridized carbons (Fsp3) is 0.818. The van der Waals surface area contributed by atoms with E-state index < -0.39 is 0 Å². The molecule has 0 aromatic heterocycles. The van der Waals surface area contributed by atoms with Gasteiger partial charge < -0.3 is 5.73 Å². The van der Waals surface area contributed by atoms with Gasteiger partial charge in [-0.25, -0.2) is 0 Å². The van der Waals surface area contributed by atoms with E-state index in [9.17, 15) is 0 Å². The smallest absolute Gasteiger partial charge is 0.00791 e. The molecule has 0 bridgehead atoms. The molecule has 0 aromatic rings. The Hall–Kier alpha value is -0.300. The zero-order valence-corrected chi connectivity index (χ0v) is 8.34. The average molecular weight is 167 g/mol. The first kappa shape index (κ1) is 9.79. The van der Waals surface area contributed by atoms with Gasteiger partial charge in [-0.3, -0.25) is 0 Å². The van der Waals surface area contributed by atoms with Crippen molar-refractivity contribution in [1.82, 2.24) is 0 Å². The Morgan fingerprint density at radius 2 is 2.17 bits per heavy atom. The lowest BCUT2D eigenvalue weighted by atomic mass is 9.99. The van der Waals surface area contributed by atoms with Crippen LogP contribution in [0.15, 0.2) is 11.6 Å². The number of rotatable bonds is 3. The fourth-order valence-electron chi connectivity index (χ4n) is 1.92. The van der Waals surface area contributed by atoms with Crippen molar-refractivity contribution in [1.29, 1.82) is 0 Å². The Morgan fingerprint density at radius 3 is 2.58 bits per heavy atom. The van der Waals surface area contributed by atoms with Crippen LogP contribution in [0.4, 0.5) is 0 Å². The summed E-state index contributed by atoms with van der Waals surface area (Å²) < 4.78 is 0. The molecule has 0 spiro atoms. The van der Waals surface area contributed by atoms with Crippen LogP contribution in [0.1, 0.15) is 46.0 Å². The monoisotopic (exact) mass is 167 g/mol. The van der Waals surface area contributed by atoms with E-state index in [1.54, 1.807) is 5.57 Å². The van der Waals surface area contributed by atoms with E-state index in [4.69, 9.17) is 5.73 Å². The largest absolute Gasteiger partial charge is 0.327 e. The second-order valence-electron chi connectivity index (χ2n) is 3.90. The van der Waals surface area contributed by atoms with Crippen LogP contribution in [0.3, 0.4) is 0 Å².